The van der Waals surface area contributed by atoms with E-state index in [9.17, 15) is 13.2 Å². The summed E-state index contributed by atoms with van der Waals surface area (Å²) in [4.78, 5) is 3.21. The second kappa shape index (κ2) is 4.42. The van der Waals surface area contributed by atoms with E-state index in [4.69, 9.17) is 5.26 Å². The van der Waals surface area contributed by atoms with Crippen molar-refractivity contribution < 1.29 is 13.2 Å². The molecular formula is C8H4BrF3N2. The lowest BCUT2D eigenvalue weighted by Gasteiger charge is -2.07. The fourth-order valence-corrected chi connectivity index (χ4v) is 1.45. The molecule has 1 rings (SSSR count). The van der Waals surface area contributed by atoms with Crippen LogP contribution in [0.2, 0.25) is 0 Å². The average molecular weight is 265 g/mol. The van der Waals surface area contributed by atoms with Crippen LogP contribution in [0.5, 0.6) is 0 Å². The molecule has 0 aromatic carbocycles. The zero-order valence-corrected chi connectivity index (χ0v) is 8.35. The zero-order valence-electron chi connectivity index (χ0n) is 6.77. The standard InChI is InChI=1S/C8H4BrF3N2/c9-1-4-3-14-8(12)5(2-13)6(4)7(10)11/h3,7H,1H2. The molecule has 1 heterocycles. The smallest absolute Gasteiger partial charge is 0.227 e. The third-order valence-electron chi connectivity index (χ3n) is 1.63. The van der Waals surface area contributed by atoms with E-state index in [-0.39, 0.29) is 10.9 Å². The van der Waals surface area contributed by atoms with Crippen molar-refractivity contribution in [1.82, 2.24) is 4.98 Å². The van der Waals surface area contributed by atoms with Crippen LogP contribution < -0.4 is 0 Å². The summed E-state index contributed by atoms with van der Waals surface area (Å²) < 4.78 is 37.8. The summed E-state index contributed by atoms with van der Waals surface area (Å²) in [7, 11) is 0. The minimum Gasteiger partial charge on any atom is -0.227 e. The van der Waals surface area contributed by atoms with Gasteiger partial charge in [0.1, 0.15) is 11.6 Å². The van der Waals surface area contributed by atoms with Crippen molar-refractivity contribution in [2.24, 2.45) is 0 Å². The van der Waals surface area contributed by atoms with Gasteiger partial charge in [-0.3, -0.25) is 0 Å². The third-order valence-corrected chi connectivity index (χ3v) is 2.23. The van der Waals surface area contributed by atoms with Gasteiger partial charge < -0.3 is 0 Å². The van der Waals surface area contributed by atoms with Gasteiger partial charge in [-0.25, -0.2) is 13.8 Å². The first kappa shape index (κ1) is 11.0. The van der Waals surface area contributed by atoms with E-state index in [1.165, 1.54) is 6.07 Å². The molecule has 0 unspecified atom stereocenters. The Morgan fingerprint density at radius 1 is 1.57 bits per heavy atom. The summed E-state index contributed by atoms with van der Waals surface area (Å²) in [5.41, 5.74) is -1.15. The van der Waals surface area contributed by atoms with E-state index in [1.807, 2.05) is 0 Å². The van der Waals surface area contributed by atoms with E-state index < -0.39 is 23.5 Å². The van der Waals surface area contributed by atoms with Gasteiger partial charge in [0.05, 0.1) is 0 Å². The molecule has 0 fully saturated rings. The highest BCUT2D eigenvalue weighted by atomic mass is 79.9. The van der Waals surface area contributed by atoms with Gasteiger partial charge >= 0.3 is 0 Å². The maximum atomic E-state index is 12.8. The number of pyridine rings is 1. The van der Waals surface area contributed by atoms with Crippen molar-refractivity contribution in [3.63, 3.8) is 0 Å². The van der Waals surface area contributed by atoms with Crippen LogP contribution in [0, 0.1) is 17.3 Å². The van der Waals surface area contributed by atoms with Crippen molar-refractivity contribution in [1.29, 1.82) is 5.26 Å². The Balaban J connectivity index is 3.46. The highest BCUT2D eigenvalue weighted by Crippen LogP contribution is 2.28. The van der Waals surface area contributed by atoms with Gasteiger partial charge in [0.25, 0.3) is 6.43 Å². The van der Waals surface area contributed by atoms with Crippen LogP contribution in [0.15, 0.2) is 6.20 Å². The topological polar surface area (TPSA) is 36.7 Å². The summed E-state index contributed by atoms with van der Waals surface area (Å²) in [6.45, 7) is 0. The monoisotopic (exact) mass is 264 g/mol. The lowest BCUT2D eigenvalue weighted by molar-refractivity contribution is 0.149. The molecule has 0 spiro atoms. The highest BCUT2D eigenvalue weighted by molar-refractivity contribution is 9.08. The molecular weight excluding hydrogens is 261 g/mol. The first-order valence-corrected chi connectivity index (χ1v) is 4.65. The van der Waals surface area contributed by atoms with Gasteiger partial charge in [-0.2, -0.15) is 9.65 Å². The number of aromatic nitrogens is 1. The van der Waals surface area contributed by atoms with E-state index in [0.717, 1.165) is 6.20 Å². The Morgan fingerprint density at radius 3 is 2.64 bits per heavy atom. The Bertz CT molecular complexity index is 387. The quantitative estimate of drug-likeness (QED) is 0.609. The number of alkyl halides is 3. The zero-order chi connectivity index (χ0) is 10.7. The summed E-state index contributed by atoms with van der Waals surface area (Å²) in [6.07, 6.45) is -1.89. The normalized spacial score (nSPS) is 10.3. The van der Waals surface area contributed by atoms with Gasteiger partial charge in [-0.05, 0) is 5.56 Å². The number of hydrogen-bond donors (Lipinski definition) is 0. The number of rotatable bonds is 2. The predicted molar refractivity (Wildman–Crippen MR) is 46.5 cm³/mol. The summed E-state index contributed by atoms with van der Waals surface area (Å²) in [6, 6.07) is 1.38. The molecule has 0 atom stereocenters. The molecule has 0 aliphatic heterocycles. The molecule has 0 amide bonds. The van der Waals surface area contributed by atoms with Crippen molar-refractivity contribution in [2.75, 3.05) is 0 Å². The molecule has 2 nitrogen and oxygen atoms in total. The Morgan fingerprint density at radius 2 is 2.21 bits per heavy atom. The molecule has 0 aliphatic carbocycles. The van der Waals surface area contributed by atoms with Crippen LogP contribution in [-0.2, 0) is 5.33 Å². The first-order chi connectivity index (χ1) is 6.61. The number of nitriles is 1. The maximum absolute atomic E-state index is 12.8. The van der Waals surface area contributed by atoms with E-state index >= 15 is 0 Å². The molecule has 14 heavy (non-hydrogen) atoms. The van der Waals surface area contributed by atoms with Gasteiger partial charge in [0, 0.05) is 17.1 Å². The van der Waals surface area contributed by atoms with Crippen LogP contribution in [0.25, 0.3) is 0 Å². The molecule has 0 aliphatic rings. The van der Waals surface area contributed by atoms with Crippen molar-refractivity contribution >= 4 is 15.9 Å². The first-order valence-electron chi connectivity index (χ1n) is 3.53. The lowest BCUT2D eigenvalue weighted by Crippen LogP contribution is -2.02. The van der Waals surface area contributed by atoms with Gasteiger partial charge in [0.15, 0.2) is 0 Å². The van der Waals surface area contributed by atoms with Crippen LogP contribution in [0.1, 0.15) is 23.1 Å². The Labute approximate surface area is 86.5 Å². The van der Waals surface area contributed by atoms with E-state index in [0.29, 0.717) is 0 Å². The largest absolute Gasteiger partial charge is 0.265 e. The highest BCUT2D eigenvalue weighted by Gasteiger charge is 2.21. The fourth-order valence-electron chi connectivity index (χ4n) is 1.00. The van der Waals surface area contributed by atoms with Crippen LogP contribution >= 0.6 is 15.9 Å². The fraction of sp³-hybridized carbons (Fsp3) is 0.250. The second-order valence-corrected chi connectivity index (χ2v) is 2.97. The van der Waals surface area contributed by atoms with Gasteiger partial charge in [-0.1, -0.05) is 15.9 Å². The molecule has 0 N–H and O–H groups in total. The van der Waals surface area contributed by atoms with E-state index in [2.05, 4.69) is 20.9 Å². The molecule has 6 heteroatoms. The number of nitrogens with zero attached hydrogens (tertiary/aromatic N) is 2. The van der Waals surface area contributed by atoms with Gasteiger partial charge in [-0.15, -0.1) is 0 Å². The van der Waals surface area contributed by atoms with Crippen molar-refractivity contribution in [2.45, 2.75) is 11.8 Å². The Hall–Kier alpha value is -1.09. The third kappa shape index (κ3) is 1.87. The number of hydrogen-bond acceptors (Lipinski definition) is 2. The van der Waals surface area contributed by atoms with Crippen molar-refractivity contribution in [3.05, 3.63) is 28.8 Å². The molecule has 1 aromatic heterocycles. The SMILES string of the molecule is N#Cc1c(F)ncc(CBr)c1C(F)F. The lowest BCUT2D eigenvalue weighted by atomic mass is 10.1. The van der Waals surface area contributed by atoms with Gasteiger partial charge in [0.2, 0.25) is 5.95 Å². The van der Waals surface area contributed by atoms with Crippen molar-refractivity contribution in [3.8, 4) is 6.07 Å². The molecule has 0 saturated carbocycles. The molecule has 74 valence electrons. The van der Waals surface area contributed by atoms with Crippen LogP contribution in [-0.4, -0.2) is 4.98 Å². The minimum absolute atomic E-state index is 0.106. The minimum atomic E-state index is -2.88. The van der Waals surface area contributed by atoms with E-state index in [1.54, 1.807) is 0 Å². The molecule has 1 aromatic rings. The molecule has 0 saturated heterocycles. The maximum Gasteiger partial charge on any atom is 0.265 e. The average Bonchev–Trinajstić information content (AvgIpc) is 2.17. The summed E-state index contributed by atoms with van der Waals surface area (Å²) >= 11 is 2.96. The molecule has 0 radical (unpaired) electrons. The molecule has 0 bridgehead atoms. The predicted octanol–water partition coefficient (Wildman–Crippen LogP) is 2.92. The second-order valence-electron chi connectivity index (χ2n) is 2.41. The Kier molecular flexibility index (Phi) is 3.47. The summed E-state index contributed by atoms with van der Waals surface area (Å²) in [5, 5.41) is 8.60. The summed E-state index contributed by atoms with van der Waals surface area (Å²) in [5.74, 6) is -1.16. The number of halogens is 4. The van der Waals surface area contributed by atoms with Crippen LogP contribution in [0.3, 0.4) is 0 Å². The van der Waals surface area contributed by atoms with Crippen LogP contribution in [0.4, 0.5) is 13.2 Å².